The third-order valence-electron chi connectivity index (χ3n) is 4.10. The Labute approximate surface area is 165 Å². The highest BCUT2D eigenvalue weighted by Gasteiger charge is 2.32. The molecule has 1 saturated heterocycles. The van der Waals surface area contributed by atoms with Crippen LogP contribution in [-0.2, 0) is 19.4 Å². The molecule has 0 aliphatic carbocycles. The van der Waals surface area contributed by atoms with Gasteiger partial charge in [0.1, 0.15) is 0 Å². The van der Waals surface area contributed by atoms with E-state index in [1.54, 1.807) is 24.3 Å². The molecule has 2 amide bonds. The van der Waals surface area contributed by atoms with Crippen molar-refractivity contribution < 1.29 is 27.5 Å². The van der Waals surface area contributed by atoms with Gasteiger partial charge < -0.3 is 9.47 Å². The molecule has 1 aliphatic rings. The molecule has 0 unspecified atom stereocenters. The Morgan fingerprint density at radius 1 is 1.25 bits per heavy atom. The average Bonchev–Trinajstić information content (AvgIpc) is 3.02. The summed E-state index contributed by atoms with van der Waals surface area (Å²) in [5.41, 5.74) is 5.23. The Bertz CT molecular complexity index is 848. The van der Waals surface area contributed by atoms with Crippen molar-refractivity contribution in [1.29, 1.82) is 0 Å². The molecule has 2 rings (SSSR count). The minimum Gasteiger partial charge on any atom is -0.493 e. The molecule has 154 valence electrons. The lowest BCUT2D eigenvalue weighted by Gasteiger charge is -2.12. The molecule has 0 aromatic heterocycles. The van der Waals surface area contributed by atoms with Crippen LogP contribution in [0.4, 0.5) is 0 Å². The molecule has 0 saturated carbocycles. The van der Waals surface area contributed by atoms with E-state index in [9.17, 15) is 18.0 Å². The zero-order chi connectivity index (χ0) is 20.7. The molecule has 1 fully saturated rings. The molecule has 9 heteroatoms. The highest BCUT2D eigenvalue weighted by Crippen LogP contribution is 2.29. The summed E-state index contributed by atoms with van der Waals surface area (Å²) in [7, 11) is -1.62. The second-order valence-corrected chi connectivity index (χ2v) is 9.26. The first-order chi connectivity index (χ1) is 13.2. The summed E-state index contributed by atoms with van der Waals surface area (Å²) in [5, 5.41) is 0. The third kappa shape index (κ3) is 6.56. The number of carbonyl (C=O) groups excluding carboxylic acids is 2. The van der Waals surface area contributed by atoms with E-state index < -0.39 is 27.6 Å². The number of benzene rings is 1. The van der Waals surface area contributed by atoms with Gasteiger partial charge in [-0.3, -0.25) is 20.4 Å². The summed E-state index contributed by atoms with van der Waals surface area (Å²) < 4.78 is 33.8. The summed E-state index contributed by atoms with van der Waals surface area (Å²) >= 11 is 0. The number of methoxy groups -OCH3 is 1. The van der Waals surface area contributed by atoms with Crippen molar-refractivity contribution in [3.05, 3.63) is 29.8 Å². The minimum absolute atomic E-state index is 0.00233. The van der Waals surface area contributed by atoms with Crippen molar-refractivity contribution in [1.82, 2.24) is 10.9 Å². The molecule has 1 aromatic rings. The number of nitrogens with one attached hydrogen (secondary N) is 2. The Morgan fingerprint density at radius 3 is 2.61 bits per heavy atom. The first-order valence-electron chi connectivity index (χ1n) is 8.99. The van der Waals surface area contributed by atoms with Gasteiger partial charge in [0.2, 0.25) is 5.91 Å². The van der Waals surface area contributed by atoms with E-state index in [2.05, 4.69) is 10.9 Å². The number of sulfone groups is 1. The van der Waals surface area contributed by atoms with Crippen molar-refractivity contribution in [3.63, 3.8) is 0 Å². The zero-order valence-electron chi connectivity index (χ0n) is 16.2. The van der Waals surface area contributed by atoms with E-state index >= 15 is 0 Å². The fraction of sp³-hybridized carbons (Fsp3) is 0.474. The molecular formula is C19H26N2O6S. The molecule has 1 heterocycles. The van der Waals surface area contributed by atoms with E-state index in [0.29, 0.717) is 24.0 Å². The highest BCUT2D eigenvalue weighted by molar-refractivity contribution is 7.91. The predicted octanol–water partition coefficient (Wildman–Crippen LogP) is 1.33. The van der Waals surface area contributed by atoms with E-state index in [-0.39, 0.29) is 17.9 Å². The Morgan fingerprint density at radius 2 is 2.00 bits per heavy atom. The molecule has 1 aromatic carbocycles. The maximum absolute atomic E-state index is 11.9. The number of rotatable bonds is 7. The Kier molecular flexibility index (Phi) is 7.45. The van der Waals surface area contributed by atoms with Gasteiger partial charge in [-0.2, -0.15) is 0 Å². The number of carbonyl (C=O) groups is 2. The average molecular weight is 410 g/mol. The molecule has 1 atom stereocenters. The number of hydrogen-bond acceptors (Lipinski definition) is 6. The second kappa shape index (κ2) is 9.59. The molecule has 28 heavy (non-hydrogen) atoms. The van der Waals surface area contributed by atoms with Crippen LogP contribution in [0.15, 0.2) is 24.3 Å². The van der Waals surface area contributed by atoms with Crippen molar-refractivity contribution >= 4 is 27.7 Å². The quantitative estimate of drug-likeness (QED) is 0.518. The van der Waals surface area contributed by atoms with Crippen molar-refractivity contribution in [2.24, 2.45) is 11.8 Å². The first-order valence-corrected chi connectivity index (χ1v) is 10.8. The van der Waals surface area contributed by atoms with Gasteiger partial charge in [0.25, 0.3) is 5.91 Å². The van der Waals surface area contributed by atoms with Crippen molar-refractivity contribution in [3.8, 4) is 11.5 Å². The lowest BCUT2D eigenvalue weighted by atomic mass is 10.1. The third-order valence-corrected chi connectivity index (χ3v) is 5.87. The van der Waals surface area contributed by atoms with Crippen LogP contribution in [-0.4, -0.2) is 45.5 Å². The maximum Gasteiger partial charge on any atom is 0.262 e. The summed E-state index contributed by atoms with van der Waals surface area (Å²) in [6.45, 7) is 4.66. The summed E-state index contributed by atoms with van der Waals surface area (Å²) in [6, 6.07) is 5.28. The largest absolute Gasteiger partial charge is 0.493 e. The van der Waals surface area contributed by atoms with E-state index in [4.69, 9.17) is 9.47 Å². The van der Waals surface area contributed by atoms with Crippen LogP contribution in [0.25, 0.3) is 6.08 Å². The van der Waals surface area contributed by atoms with Crippen LogP contribution in [0, 0.1) is 11.8 Å². The van der Waals surface area contributed by atoms with Gasteiger partial charge in [0, 0.05) is 6.08 Å². The number of ether oxygens (including phenoxy) is 2. The molecule has 0 spiro atoms. The summed E-state index contributed by atoms with van der Waals surface area (Å²) in [4.78, 5) is 23.8. The summed E-state index contributed by atoms with van der Waals surface area (Å²) in [6.07, 6.45) is 3.09. The lowest BCUT2D eigenvalue weighted by Crippen LogP contribution is -2.44. The highest BCUT2D eigenvalue weighted by atomic mass is 32.2. The van der Waals surface area contributed by atoms with Crippen LogP contribution in [0.3, 0.4) is 0 Å². The topological polar surface area (TPSA) is 111 Å². The van der Waals surface area contributed by atoms with Gasteiger partial charge >= 0.3 is 0 Å². The fourth-order valence-corrected chi connectivity index (χ4v) is 4.35. The smallest absolute Gasteiger partial charge is 0.262 e. The van der Waals surface area contributed by atoms with Crippen molar-refractivity contribution in [2.45, 2.75) is 20.3 Å². The normalized spacial score (nSPS) is 18.2. The van der Waals surface area contributed by atoms with Crippen LogP contribution >= 0.6 is 0 Å². The van der Waals surface area contributed by atoms with Crippen LogP contribution < -0.4 is 20.3 Å². The van der Waals surface area contributed by atoms with Gasteiger partial charge in [0.05, 0.1) is 31.1 Å². The molecule has 0 radical (unpaired) electrons. The monoisotopic (exact) mass is 410 g/mol. The number of hydrazine groups is 1. The lowest BCUT2D eigenvalue weighted by molar-refractivity contribution is -0.129. The molecule has 8 nitrogen and oxygen atoms in total. The predicted molar refractivity (Wildman–Crippen MR) is 105 cm³/mol. The zero-order valence-corrected chi connectivity index (χ0v) is 17.0. The number of amides is 2. The molecule has 1 aliphatic heterocycles. The SMILES string of the molecule is COc1cc(/C=C/C(=O)NNC(=O)[C@H]2CCS(=O)(=O)C2)ccc1OCC(C)C. The van der Waals surface area contributed by atoms with Gasteiger partial charge in [-0.25, -0.2) is 8.42 Å². The molecule has 2 N–H and O–H groups in total. The summed E-state index contributed by atoms with van der Waals surface area (Å²) in [5.74, 6) is -0.294. The second-order valence-electron chi connectivity index (χ2n) is 7.03. The van der Waals surface area contributed by atoms with Gasteiger partial charge in [0.15, 0.2) is 21.3 Å². The van der Waals surface area contributed by atoms with Crippen LogP contribution in [0.1, 0.15) is 25.8 Å². The fourth-order valence-electron chi connectivity index (χ4n) is 2.60. The van der Waals surface area contributed by atoms with Gasteiger partial charge in [-0.15, -0.1) is 0 Å². The van der Waals surface area contributed by atoms with Crippen LogP contribution in [0.2, 0.25) is 0 Å². The van der Waals surface area contributed by atoms with Gasteiger partial charge in [-0.1, -0.05) is 19.9 Å². The van der Waals surface area contributed by atoms with E-state index in [0.717, 1.165) is 5.56 Å². The van der Waals surface area contributed by atoms with Gasteiger partial charge in [-0.05, 0) is 36.1 Å². The van der Waals surface area contributed by atoms with E-state index in [1.807, 2.05) is 13.8 Å². The molecular weight excluding hydrogens is 384 g/mol. The minimum atomic E-state index is -3.15. The molecule has 0 bridgehead atoms. The maximum atomic E-state index is 11.9. The van der Waals surface area contributed by atoms with E-state index in [1.165, 1.54) is 13.2 Å². The van der Waals surface area contributed by atoms with Crippen molar-refractivity contribution in [2.75, 3.05) is 25.2 Å². The number of hydrogen-bond donors (Lipinski definition) is 2. The standard InChI is InChI=1S/C19H26N2O6S/c1-13(2)11-27-16-6-4-14(10-17(16)26-3)5-7-18(22)20-21-19(23)15-8-9-28(24,25)12-15/h4-7,10,13,15H,8-9,11-12H2,1-3H3,(H,20,22)(H,21,23)/b7-5+/t15-/m0/s1. The Balaban J connectivity index is 1.88. The first kappa shape index (κ1) is 21.7. The Hall–Kier alpha value is -2.55. The van der Waals surface area contributed by atoms with Crippen LogP contribution in [0.5, 0.6) is 11.5 Å².